The van der Waals surface area contributed by atoms with Crippen molar-refractivity contribution < 1.29 is 23.7 Å². The largest absolute Gasteiger partial charge is 0.494 e. The summed E-state index contributed by atoms with van der Waals surface area (Å²) in [6.07, 6.45) is 1.44. The van der Waals surface area contributed by atoms with Crippen LogP contribution in [-0.2, 0) is 16.1 Å². The molecule has 0 aliphatic carbocycles. The molecule has 0 bridgehead atoms. The summed E-state index contributed by atoms with van der Waals surface area (Å²) in [6, 6.07) is 17.4. The first-order chi connectivity index (χ1) is 22.1. The minimum absolute atomic E-state index is 0.223. The highest BCUT2D eigenvalue weighted by molar-refractivity contribution is 7.07. The number of carbonyl (C=O) groups excluding carboxylic acids is 1. The smallest absolute Gasteiger partial charge is 0.338 e. The van der Waals surface area contributed by atoms with Crippen molar-refractivity contribution in [1.82, 2.24) is 4.57 Å². The zero-order valence-electron chi connectivity index (χ0n) is 26.1. The van der Waals surface area contributed by atoms with Gasteiger partial charge in [0.2, 0.25) is 0 Å². The summed E-state index contributed by atoms with van der Waals surface area (Å²) in [6.45, 7) is 10.3. The van der Waals surface area contributed by atoms with Gasteiger partial charge in [0, 0.05) is 15.6 Å². The third kappa shape index (κ3) is 7.33. The topological polar surface area (TPSA) is 88.4 Å². The average molecular weight is 682 g/mol. The Kier molecular flexibility index (Phi) is 10.6. The van der Waals surface area contributed by atoms with Gasteiger partial charge < -0.3 is 18.9 Å². The molecular weight excluding hydrogens is 647 g/mol. The Morgan fingerprint density at radius 3 is 2.39 bits per heavy atom. The molecule has 5 rings (SSSR count). The van der Waals surface area contributed by atoms with E-state index in [1.807, 2.05) is 56.3 Å². The van der Waals surface area contributed by atoms with Gasteiger partial charge in [-0.3, -0.25) is 9.36 Å². The molecule has 46 heavy (non-hydrogen) atoms. The van der Waals surface area contributed by atoms with Gasteiger partial charge in [-0.15, -0.1) is 0 Å². The fourth-order valence-electron chi connectivity index (χ4n) is 5.04. The van der Waals surface area contributed by atoms with Crippen molar-refractivity contribution in [1.29, 1.82) is 0 Å². The maximum atomic E-state index is 14.1. The van der Waals surface area contributed by atoms with E-state index in [-0.39, 0.29) is 18.3 Å². The number of rotatable bonds is 11. The Bertz CT molecular complexity index is 1960. The summed E-state index contributed by atoms with van der Waals surface area (Å²) in [7, 11) is 0. The molecule has 0 radical (unpaired) electrons. The van der Waals surface area contributed by atoms with Crippen LogP contribution in [0.1, 0.15) is 57.4 Å². The fraction of sp³-hybridized carbons (Fsp3) is 0.286. The number of fused-ring (bicyclic) bond motifs is 1. The molecule has 1 aromatic heterocycles. The Morgan fingerprint density at radius 1 is 0.978 bits per heavy atom. The molecule has 1 aliphatic heterocycles. The SMILES string of the molecule is CCOc1ccc([C@@H]2C(C(=O)OC(C)C)=C(C)N=c3s/c(=C/c4ccc(OCc5ccc(Cl)cc5Cl)c(OCC)c4)c(=O)n32)cc1. The molecule has 11 heteroatoms. The third-order valence-electron chi connectivity index (χ3n) is 7.05. The van der Waals surface area contributed by atoms with Crippen molar-refractivity contribution in [3.05, 3.63) is 118 Å². The minimum atomic E-state index is -0.727. The van der Waals surface area contributed by atoms with E-state index in [9.17, 15) is 9.59 Å². The summed E-state index contributed by atoms with van der Waals surface area (Å²) < 4.78 is 25.2. The Balaban J connectivity index is 1.54. The van der Waals surface area contributed by atoms with Crippen molar-refractivity contribution in [2.45, 2.75) is 53.4 Å². The number of allylic oxidation sites excluding steroid dienone is 1. The molecule has 8 nitrogen and oxygen atoms in total. The van der Waals surface area contributed by atoms with Crippen LogP contribution in [0.3, 0.4) is 0 Å². The number of hydrogen-bond acceptors (Lipinski definition) is 8. The molecule has 2 heterocycles. The standard InChI is InChI=1S/C35H34Cl2N2O6S/c1-6-42-26-13-10-23(11-14-26)32-31(34(41)45-20(3)4)21(5)38-35-39(32)33(40)30(46-35)17-22-8-15-28(29(16-22)43-7-2)44-19-24-9-12-25(36)18-27(24)37/h8-18,20,32H,6-7,19H2,1-5H3/b30-17+/t32-/m1/s1. The summed E-state index contributed by atoms with van der Waals surface area (Å²) in [5.74, 6) is 1.24. The van der Waals surface area contributed by atoms with Crippen molar-refractivity contribution in [2.24, 2.45) is 4.99 Å². The second kappa shape index (κ2) is 14.6. The highest BCUT2D eigenvalue weighted by atomic mass is 35.5. The number of halogens is 2. The first kappa shape index (κ1) is 33.3. The van der Waals surface area contributed by atoms with E-state index in [1.54, 1.807) is 49.6 Å². The van der Waals surface area contributed by atoms with E-state index < -0.39 is 12.0 Å². The number of benzene rings is 3. The summed E-state index contributed by atoms with van der Waals surface area (Å²) in [4.78, 5) is 32.6. The predicted molar refractivity (Wildman–Crippen MR) is 181 cm³/mol. The van der Waals surface area contributed by atoms with E-state index >= 15 is 0 Å². The van der Waals surface area contributed by atoms with Gasteiger partial charge in [-0.1, -0.05) is 58.8 Å². The zero-order valence-corrected chi connectivity index (χ0v) is 28.5. The number of ether oxygens (including phenoxy) is 4. The van der Waals surface area contributed by atoms with E-state index in [2.05, 4.69) is 4.99 Å². The molecule has 0 spiro atoms. The second-order valence-corrected chi connectivity index (χ2v) is 12.6. The van der Waals surface area contributed by atoms with Crippen LogP contribution in [-0.4, -0.2) is 29.9 Å². The maximum absolute atomic E-state index is 14.1. The van der Waals surface area contributed by atoms with E-state index in [0.29, 0.717) is 61.1 Å². The van der Waals surface area contributed by atoms with Crippen molar-refractivity contribution in [2.75, 3.05) is 13.2 Å². The van der Waals surface area contributed by atoms with E-state index in [4.69, 9.17) is 42.1 Å². The highest BCUT2D eigenvalue weighted by Gasteiger charge is 2.33. The molecule has 0 saturated heterocycles. The number of nitrogens with zero attached hydrogens (tertiary/aromatic N) is 2. The van der Waals surface area contributed by atoms with Crippen molar-refractivity contribution in [3.63, 3.8) is 0 Å². The van der Waals surface area contributed by atoms with Gasteiger partial charge in [-0.25, -0.2) is 9.79 Å². The highest BCUT2D eigenvalue weighted by Crippen LogP contribution is 2.33. The maximum Gasteiger partial charge on any atom is 0.338 e. The number of esters is 1. The predicted octanol–water partition coefficient (Wildman–Crippen LogP) is 6.87. The van der Waals surface area contributed by atoms with Gasteiger partial charge in [0.1, 0.15) is 12.4 Å². The zero-order chi connectivity index (χ0) is 33.0. The monoisotopic (exact) mass is 680 g/mol. The molecule has 0 unspecified atom stereocenters. The molecular formula is C35H34Cl2N2O6S. The van der Waals surface area contributed by atoms with Crippen LogP contribution in [0.25, 0.3) is 6.08 Å². The van der Waals surface area contributed by atoms with Crippen LogP contribution >= 0.6 is 34.5 Å². The van der Waals surface area contributed by atoms with Crippen LogP contribution < -0.4 is 29.1 Å². The Labute approximate surface area is 281 Å². The molecule has 0 amide bonds. The fourth-order valence-corrected chi connectivity index (χ4v) is 6.55. The van der Waals surface area contributed by atoms with Gasteiger partial charge in [0.25, 0.3) is 5.56 Å². The molecule has 0 saturated carbocycles. The van der Waals surface area contributed by atoms with Crippen LogP contribution in [0.4, 0.5) is 0 Å². The Hall–Kier alpha value is -4.05. The lowest BCUT2D eigenvalue weighted by atomic mass is 9.96. The van der Waals surface area contributed by atoms with Gasteiger partial charge in [-0.05, 0) is 88.2 Å². The minimum Gasteiger partial charge on any atom is -0.494 e. The number of hydrogen-bond donors (Lipinski definition) is 0. The lowest BCUT2D eigenvalue weighted by Crippen LogP contribution is -2.40. The third-order valence-corrected chi connectivity index (χ3v) is 8.62. The quantitative estimate of drug-likeness (QED) is 0.161. The first-order valence-corrected chi connectivity index (χ1v) is 16.5. The van der Waals surface area contributed by atoms with Gasteiger partial charge in [0.15, 0.2) is 16.3 Å². The van der Waals surface area contributed by atoms with Crippen LogP contribution in [0.5, 0.6) is 17.2 Å². The lowest BCUT2D eigenvalue weighted by molar-refractivity contribution is -0.143. The average Bonchev–Trinajstić information content (AvgIpc) is 3.31. The number of carbonyl (C=O) groups is 1. The van der Waals surface area contributed by atoms with Crippen LogP contribution in [0, 0.1) is 0 Å². The van der Waals surface area contributed by atoms with E-state index in [1.165, 1.54) is 11.3 Å². The van der Waals surface area contributed by atoms with Gasteiger partial charge in [-0.2, -0.15) is 0 Å². The molecule has 240 valence electrons. The molecule has 0 N–H and O–H groups in total. The first-order valence-electron chi connectivity index (χ1n) is 14.9. The van der Waals surface area contributed by atoms with Gasteiger partial charge in [0.05, 0.1) is 41.2 Å². The summed E-state index contributed by atoms with van der Waals surface area (Å²) in [5, 5.41) is 1.06. The van der Waals surface area contributed by atoms with E-state index in [0.717, 1.165) is 16.7 Å². The van der Waals surface area contributed by atoms with Crippen LogP contribution in [0.15, 0.2) is 81.7 Å². The van der Waals surface area contributed by atoms with Gasteiger partial charge >= 0.3 is 5.97 Å². The lowest BCUT2D eigenvalue weighted by Gasteiger charge is -2.25. The number of aromatic nitrogens is 1. The molecule has 1 aliphatic rings. The van der Waals surface area contributed by atoms with Crippen molar-refractivity contribution >= 4 is 46.6 Å². The van der Waals surface area contributed by atoms with Crippen LogP contribution in [0.2, 0.25) is 10.0 Å². The van der Waals surface area contributed by atoms with Crippen molar-refractivity contribution in [3.8, 4) is 17.2 Å². The molecule has 0 fully saturated rings. The molecule has 4 aromatic rings. The number of thiazole rings is 1. The second-order valence-electron chi connectivity index (χ2n) is 10.7. The summed E-state index contributed by atoms with van der Waals surface area (Å²) in [5.41, 5.74) is 2.80. The molecule has 3 aromatic carbocycles. The summed E-state index contributed by atoms with van der Waals surface area (Å²) >= 11 is 13.6. The Morgan fingerprint density at radius 2 is 1.72 bits per heavy atom. The molecule has 1 atom stereocenters. The normalized spacial score (nSPS) is 14.6.